The molecule has 1 unspecified atom stereocenters. The van der Waals surface area contributed by atoms with E-state index in [0.29, 0.717) is 6.41 Å². The fourth-order valence-corrected chi connectivity index (χ4v) is 0.779. The summed E-state index contributed by atoms with van der Waals surface area (Å²) in [5.74, 6) is -0.747. The molecular formula is C9H12N2O4. The van der Waals surface area contributed by atoms with Gasteiger partial charge in [-0.3, -0.25) is 9.59 Å². The van der Waals surface area contributed by atoms with Crippen LogP contribution in [-0.4, -0.2) is 24.8 Å². The number of carbonyl (C=O) groups excluding carboxylic acids is 3. The van der Waals surface area contributed by atoms with Gasteiger partial charge >= 0.3 is 5.97 Å². The number of carbonyl (C=O) groups is 3. The second-order valence-corrected chi connectivity index (χ2v) is 2.39. The average molecular weight is 212 g/mol. The maximum atomic E-state index is 11.2. The number of nitrogens with one attached hydrogen (secondary N) is 2. The number of amides is 2. The van der Waals surface area contributed by atoms with Crippen LogP contribution in [0.2, 0.25) is 0 Å². The van der Waals surface area contributed by atoms with Gasteiger partial charge < -0.3 is 10.2 Å². The Morgan fingerprint density at radius 2 is 2.13 bits per heavy atom. The molecule has 82 valence electrons. The normalized spacial score (nSPS) is 11.5. The summed E-state index contributed by atoms with van der Waals surface area (Å²) in [5.41, 5.74) is 1.75. The SMILES string of the molecule is C=CC=CCC(NC=O)C(=O)ONC=O. The topological polar surface area (TPSA) is 84.5 Å². The number of rotatable bonds is 8. The molecule has 0 heterocycles. The van der Waals surface area contributed by atoms with Crippen molar-refractivity contribution in [2.45, 2.75) is 12.5 Å². The minimum atomic E-state index is -0.828. The fraction of sp³-hybridized carbons (Fsp3) is 0.222. The molecule has 0 saturated heterocycles. The molecule has 0 fully saturated rings. The van der Waals surface area contributed by atoms with Crippen LogP contribution in [0.3, 0.4) is 0 Å². The van der Waals surface area contributed by atoms with Crippen LogP contribution in [0.4, 0.5) is 0 Å². The lowest BCUT2D eigenvalue weighted by atomic mass is 10.2. The second-order valence-electron chi connectivity index (χ2n) is 2.39. The molecule has 2 N–H and O–H groups in total. The van der Waals surface area contributed by atoms with Crippen molar-refractivity contribution in [3.05, 3.63) is 24.8 Å². The smallest absolute Gasteiger partial charge is 0.345 e. The molecule has 0 spiro atoms. The first-order valence-electron chi connectivity index (χ1n) is 4.13. The van der Waals surface area contributed by atoms with Gasteiger partial charge in [-0.25, -0.2) is 4.79 Å². The molecule has 0 aliphatic heterocycles. The summed E-state index contributed by atoms with van der Waals surface area (Å²) in [4.78, 5) is 35.5. The average Bonchev–Trinajstić information content (AvgIpc) is 2.25. The first kappa shape index (κ1) is 12.9. The van der Waals surface area contributed by atoms with E-state index in [0.717, 1.165) is 0 Å². The van der Waals surface area contributed by atoms with E-state index in [-0.39, 0.29) is 12.8 Å². The van der Waals surface area contributed by atoms with Crippen LogP contribution in [0.15, 0.2) is 24.8 Å². The molecule has 0 bridgehead atoms. The van der Waals surface area contributed by atoms with Gasteiger partial charge in [-0.1, -0.05) is 24.8 Å². The summed E-state index contributed by atoms with van der Waals surface area (Å²) < 4.78 is 0. The first-order chi connectivity index (χ1) is 7.26. The van der Waals surface area contributed by atoms with Crippen molar-refractivity contribution in [3.8, 4) is 0 Å². The summed E-state index contributed by atoms with van der Waals surface area (Å²) in [6.45, 7) is 3.45. The zero-order chi connectivity index (χ0) is 11.5. The van der Waals surface area contributed by atoms with Crippen molar-refractivity contribution in [3.63, 3.8) is 0 Å². The summed E-state index contributed by atoms with van der Waals surface area (Å²) in [7, 11) is 0. The Balaban J connectivity index is 4.16. The largest absolute Gasteiger partial charge is 0.354 e. The minimum absolute atomic E-state index is 0.218. The van der Waals surface area contributed by atoms with Crippen LogP contribution in [-0.2, 0) is 19.2 Å². The first-order valence-corrected chi connectivity index (χ1v) is 4.13. The fourth-order valence-electron chi connectivity index (χ4n) is 0.779. The summed E-state index contributed by atoms with van der Waals surface area (Å²) in [6, 6.07) is -0.828. The molecule has 0 rings (SSSR count). The van der Waals surface area contributed by atoms with Crippen LogP contribution in [0.1, 0.15) is 6.42 Å². The number of hydroxylamine groups is 1. The van der Waals surface area contributed by atoms with E-state index in [1.165, 1.54) is 6.08 Å². The maximum absolute atomic E-state index is 11.2. The lowest BCUT2D eigenvalue weighted by Gasteiger charge is -2.11. The van der Waals surface area contributed by atoms with E-state index in [1.807, 2.05) is 0 Å². The predicted molar refractivity (Wildman–Crippen MR) is 52.2 cm³/mol. The molecular weight excluding hydrogens is 200 g/mol. The van der Waals surface area contributed by atoms with Gasteiger partial charge in [-0.2, -0.15) is 5.48 Å². The monoisotopic (exact) mass is 212 g/mol. The third-order valence-electron chi connectivity index (χ3n) is 1.41. The van der Waals surface area contributed by atoms with E-state index < -0.39 is 12.0 Å². The number of hydrogen-bond donors (Lipinski definition) is 2. The van der Waals surface area contributed by atoms with Crippen LogP contribution in [0, 0.1) is 0 Å². The van der Waals surface area contributed by atoms with E-state index in [2.05, 4.69) is 16.7 Å². The Morgan fingerprint density at radius 3 is 2.67 bits per heavy atom. The lowest BCUT2D eigenvalue weighted by Crippen LogP contribution is -2.39. The van der Waals surface area contributed by atoms with Gasteiger partial charge in [0.15, 0.2) is 0 Å². The quantitative estimate of drug-likeness (QED) is 0.321. The van der Waals surface area contributed by atoms with Crippen molar-refractivity contribution < 1.29 is 19.2 Å². The zero-order valence-corrected chi connectivity index (χ0v) is 8.01. The molecule has 0 saturated carbocycles. The third-order valence-corrected chi connectivity index (χ3v) is 1.41. The molecule has 0 radical (unpaired) electrons. The molecule has 2 amide bonds. The van der Waals surface area contributed by atoms with Gasteiger partial charge in [0.1, 0.15) is 6.04 Å². The van der Waals surface area contributed by atoms with Crippen LogP contribution in [0.5, 0.6) is 0 Å². The summed E-state index contributed by atoms with van der Waals surface area (Å²) in [5, 5.41) is 2.25. The molecule has 0 aromatic rings. The predicted octanol–water partition coefficient (Wildman–Crippen LogP) is -0.563. The highest BCUT2D eigenvalue weighted by molar-refractivity contribution is 5.78. The van der Waals surface area contributed by atoms with Gasteiger partial charge in [0.2, 0.25) is 12.8 Å². The molecule has 0 aliphatic rings. The Morgan fingerprint density at radius 1 is 1.40 bits per heavy atom. The van der Waals surface area contributed by atoms with Crippen molar-refractivity contribution >= 4 is 18.8 Å². The highest BCUT2D eigenvalue weighted by Gasteiger charge is 2.17. The molecule has 6 heteroatoms. The maximum Gasteiger partial charge on any atom is 0.354 e. The van der Waals surface area contributed by atoms with Gasteiger partial charge in [0.05, 0.1) is 0 Å². The number of allylic oxidation sites excluding steroid dienone is 2. The van der Waals surface area contributed by atoms with Crippen LogP contribution < -0.4 is 10.8 Å². The Hall–Kier alpha value is -2.11. The van der Waals surface area contributed by atoms with Gasteiger partial charge in [0, 0.05) is 0 Å². The lowest BCUT2D eigenvalue weighted by molar-refractivity contribution is -0.157. The van der Waals surface area contributed by atoms with Crippen molar-refractivity contribution in [2.75, 3.05) is 0 Å². The zero-order valence-electron chi connectivity index (χ0n) is 8.01. The van der Waals surface area contributed by atoms with Crippen LogP contribution in [0.25, 0.3) is 0 Å². The van der Waals surface area contributed by atoms with Gasteiger partial charge in [-0.05, 0) is 6.42 Å². The second kappa shape index (κ2) is 8.49. The van der Waals surface area contributed by atoms with E-state index in [9.17, 15) is 14.4 Å². The Labute approximate surface area is 86.9 Å². The van der Waals surface area contributed by atoms with Gasteiger partial charge in [0.25, 0.3) is 0 Å². The van der Waals surface area contributed by atoms with Crippen LogP contribution >= 0.6 is 0 Å². The molecule has 15 heavy (non-hydrogen) atoms. The highest BCUT2D eigenvalue weighted by Crippen LogP contribution is 1.95. The summed E-state index contributed by atoms with van der Waals surface area (Å²) in [6.07, 6.45) is 5.65. The molecule has 0 aromatic heterocycles. The Kier molecular flexibility index (Phi) is 7.29. The van der Waals surface area contributed by atoms with Crippen molar-refractivity contribution in [1.29, 1.82) is 0 Å². The molecule has 0 aromatic carbocycles. The summed E-state index contributed by atoms with van der Waals surface area (Å²) >= 11 is 0. The Bertz CT molecular complexity index is 263. The standard InChI is InChI=1S/C9H12N2O4/c1-2-3-4-5-8(10-6-12)9(14)15-11-7-13/h2-4,6-8H,1,5H2,(H,10,12)(H,11,13). The van der Waals surface area contributed by atoms with Gasteiger partial charge in [-0.15, -0.1) is 0 Å². The van der Waals surface area contributed by atoms with E-state index >= 15 is 0 Å². The highest BCUT2D eigenvalue weighted by atomic mass is 16.7. The van der Waals surface area contributed by atoms with Crippen molar-refractivity contribution in [1.82, 2.24) is 10.8 Å². The third kappa shape index (κ3) is 6.03. The molecule has 6 nitrogen and oxygen atoms in total. The van der Waals surface area contributed by atoms with E-state index in [4.69, 9.17) is 0 Å². The van der Waals surface area contributed by atoms with E-state index in [1.54, 1.807) is 17.6 Å². The van der Waals surface area contributed by atoms with Crippen molar-refractivity contribution in [2.24, 2.45) is 0 Å². The number of hydrogen-bond acceptors (Lipinski definition) is 4. The minimum Gasteiger partial charge on any atom is -0.345 e. The molecule has 1 atom stereocenters. The molecule has 0 aliphatic carbocycles.